The fraction of sp³-hybridized carbons (Fsp3) is 0.296. The van der Waals surface area contributed by atoms with Crippen molar-refractivity contribution in [1.82, 2.24) is 14.9 Å². The Balaban J connectivity index is 1.31. The van der Waals surface area contributed by atoms with Gasteiger partial charge in [-0.1, -0.05) is 30.0 Å². The van der Waals surface area contributed by atoms with E-state index in [0.717, 1.165) is 37.8 Å². The molecule has 1 unspecified atom stereocenters. The summed E-state index contributed by atoms with van der Waals surface area (Å²) in [6, 6.07) is 17.9. The molecule has 2 aromatic carbocycles. The second-order valence-corrected chi connectivity index (χ2v) is 10.7. The van der Waals surface area contributed by atoms with Crippen LogP contribution in [0.15, 0.2) is 65.8 Å². The largest absolute Gasteiger partial charge is 0.487 e. The van der Waals surface area contributed by atoms with Gasteiger partial charge in [0.25, 0.3) is 0 Å². The molecule has 1 amide bonds. The van der Waals surface area contributed by atoms with Crippen molar-refractivity contribution < 1.29 is 19.0 Å². The summed E-state index contributed by atoms with van der Waals surface area (Å²) in [6.45, 7) is 2.63. The highest BCUT2D eigenvalue weighted by Gasteiger charge is 2.27. The summed E-state index contributed by atoms with van der Waals surface area (Å²) in [6.07, 6.45) is 2.57. The first kappa shape index (κ1) is 23.3. The molecule has 6 rings (SSSR count). The molecule has 1 atom stereocenters. The molecule has 0 N–H and O–H groups in total. The lowest BCUT2D eigenvalue weighted by atomic mass is 10.1. The average Bonchev–Trinajstić information content (AvgIpc) is 3.53. The van der Waals surface area contributed by atoms with Crippen molar-refractivity contribution in [3.63, 3.8) is 0 Å². The molecule has 4 heterocycles. The molecule has 2 aliphatic heterocycles. The molecule has 0 saturated carbocycles. The van der Waals surface area contributed by atoms with Crippen LogP contribution in [-0.4, -0.2) is 59.0 Å². The van der Waals surface area contributed by atoms with E-state index in [0.29, 0.717) is 50.2 Å². The number of thiazole rings is 1. The highest BCUT2D eigenvalue weighted by atomic mass is 32.2. The predicted molar refractivity (Wildman–Crippen MR) is 141 cm³/mol. The number of carbonyl (C=O) groups is 1. The molecular formula is C27H25N3O4S2. The van der Waals surface area contributed by atoms with Crippen LogP contribution in [0.5, 0.6) is 11.5 Å². The molecule has 2 aliphatic rings. The number of fused-ring (bicyclic) bond motifs is 2. The maximum absolute atomic E-state index is 13.1. The van der Waals surface area contributed by atoms with E-state index < -0.39 is 0 Å². The summed E-state index contributed by atoms with van der Waals surface area (Å²) >= 11 is 3.09. The van der Waals surface area contributed by atoms with E-state index in [1.165, 1.54) is 11.8 Å². The highest BCUT2D eigenvalue weighted by molar-refractivity contribution is 7.99. The van der Waals surface area contributed by atoms with Crippen LogP contribution < -0.4 is 9.47 Å². The van der Waals surface area contributed by atoms with Gasteiger partial charge in [0.15, 0.2) is 11.5 Å². The Kier molecular flexibility index (Phi) is 6.76. The van der Waals surface area contributed by atoms with Crippen LogP contribution in [-0.2, 0) is 16.1 Å². The van der Waals surface area contributed by atoms with Gasteiger partial charge in [-0.05, 0) is 36.4 Å². The van der Waals surface area contributed by atoms with Crippen molar-refractivity contribution in [3.05, 3.63) is 66.4 Å². The third-order valence-electron chi connectivity index (χ3n) is 6.16. The number of ether oxygens (including phenoxy) is 3. The zero-order chi connectivity index (χ0) is 24.3. The van der Waals surface area contributed by atoms with Gasteiger partial charge in [0.1, 0.15) is 17.7 Å². The van der Waals surface area contributed by atoms with Gasteiger partial charge >= 0.3 is 0 Å². The maximum atomic E-state index is 13.1. The molecular weight excluding hydrogens is 494 g/mol. The Morgan fingerprint density at radius 2 is 2.08 bits per heavy atom. The van der Waals surface area contributed by atoms with Crippen LogP contribution in [0, 0.1) is 0 Å². The Bertz CT molecular complexity index is 1340. The summed E-state index contributed by atoms with van der Waals surface area (Å²) in [5.74, 6) is 1.78. The second kappa shape index (κ2) is 10.5. The van der Waals surface area contributed by atoms with Crippen LogP contribution in [0.2, 0.25) is 0 Å². The minimum Gasteiger partial charge on any atom is -0.487 e. The predicted octanol–water partition coefficient (Wildman–Crippen LogP) is 5.04. The molecule has 0 radical (unpaired) electrons. The Hall–Kier alpha value is -3.14. The van der Waals surface area contributed by atoms with Crippen molar-refractivity contribution in [2.75, 3.05) is 32.1 Å². The van der Waals surface area contributed by atoms with Crippen molar-refractivity contribution in [1.29, 1.82) is 0 Å². The van der Waals surface area contributed by atoms with E-state index in [9.17, 15) is 4.79 Å². The first-order chi connectivity index (χ1) is 17.7. The Labute approximate surface area is 217 Å². The summed E-state index contributed by atoms with van der Waals surface area (Å²) in [5.41, 5.74) is 2.86. The van der Waals surface area contributed by atoms with E-state index in [1.807, 2.05) is 47.4 Å². The molecule has 1 fully saturated rings. The summed E-state index contributed by atoms with van der Waals surface area (Å²) in [7, 11) is 0. The molecule has 4 aromatic rings. The fourth-order valence-electron chi connectivity index (χ4n) is 4.35. The topological polar surface area (TPSA) is 73.8 Å². The Morgan fingerprint density at radius 3 is 2.92 bits per heavy atom. The quantitative estimate of drug-likeness (QED) is 0.331. The normalized spacial score (nSPS) is 17.4. The average molecular weight is 520 g/mol. The van der Waals surface area contributed by atoms with Crippen LogP contribution in [0.4, 0.5) is 0 Å². The minimum atomic E-state index is -0.0147. The van der Waals surface area contributed by atoms with Crippen LogP contribution in [0.1, 0.15) is 12.0 Å². The number of hydrogen-bond acceptors (Lipinski definition) is 8. The lowest BCUT2D eigenvalue weighted by Gasteiger charge is -2.20. The van der Waals surface area contributed by atoms with Gasteiger partial charge in [0, 0.05) is 30.3 Å². The number of rotatable bonds is 6. The SMILES string of the molecule is O=C(CSc1ccccn1)N1CCOc2c(cc(-c3nc4ccccc4s3)cc2OC2CCOC2)C1. The Morgan fingerprint density at radius 1 is 1.17 bits per heavy atom. The fourth-order valence-corrected chi connectivity index (χ4v) is 6.07. The zero-order valence-electron chi connectivity index (χ0n) is 19.6. The monoisotopic (exact) mass is 519 g/mol. The van der Waals surface area contributed by atoms with Crippen molar-refractivity contribution in [2.24, 2.45) is 0 Å². The second-order valence-electron chi connectivity index (χ2n) is 8.67. The third kappa shape index (κ3) is 5.04. The number of amides is 1. The number of aromatic nitrogens is 2. The standard InChI is InChI=1S/C27H25N3O4S2/c31-25(17-35-24-7-3-4-9-28-24)30-10-12-33-26-19(15-30)13-18(14-22(26)34-20-8-11-32-16-20)27-29-21-5-1-2-6-23(21)36-27/h1-7,9,13-14,20H,8,10-12,15-17H2. The number of pyridine rings is 1. The van der Waals surface area contributed by atoms with Crippen molar-refractivity contribution >= 4 is 39.2 Å². The molecule has 184 valence electrons. The van der Waals surface area contributed by atoms with E-state index in [-0.39, 0.29) is 12.0 Å². The van der Waals surface area contributed by atoms with Gasteiger partial charge in [0.05, 0.1) is 40.8 Å². The van der Waals surface area contributed by atoms with Gasteiger partial charge in [-0.25, -0.2) is 9.97 Å². The number of benzene rings is 2. The molecule has 2 aromatic heterocycles. The van der Waals surface area contributed by atoms with Gasteiger partial charge in [-0.15, -0.1) is 11.3 Å². The first-order valence-electron chi connectivity index (χ1n) is 11.9. The van der Waals surface area contributed by atoms with E-state index in [1.54, 1.807) is 17.5 Å². The number of thioether (sulfide) groups is 1. The number of nitrogens with zero attached hydrogens (tertiary/aromatic N) is 3. The molecule has 9 heteroatoms. The number of hydrogen-bond donors (Lipinski definition) is 0. The smallest absolute Gasteiger partial charge is 0.233 e. The van der Waals surface area contributed by atoms with Gasteiger partial charge in [0.2, 0.25) is 5.91 Å². The van der Waals surface area contributed by atoms with E-state index >= 15 is 0 Å². The number of para-hydroxylation sites is 1. The van der Waals surface area contributed by atoms with Crippen LogP contribution in [0.25, 0.3) is 20.8 Å². The minimum absolute atomic E-state index is 0.0147. The number of carbonyl (C=O) groups excluding carboxylic acids is 1. The van der Waals surface area contributed by atoms with Crippen LogP contribution in [0.3, 0.4) is 0 Å². The van der Waals surface area contributed by atoms with Gasteiger partial charge < -0.3 is 19.1 Å². The van der Waals surface area contributed by atoms with Gasteiger partial charge in [-0.2, -0.15) is 0 Å². The highest BCUT2D eigenvalue weighted by Crippen LogP contribution is 2.41. The van der Waals surface area contributed by atoms with Crippen molar-refractivity contribution in [2.45, 2.75) is 24.1 Å². The van der Waals surface area contributed by atoms with Gasteiger partial charge in [-0.3, -0.25) is 4.79 Å². The molecule has 0 bridgehead atoms. The summed E-state index contributed by atoms with van der Waals surface area (Å²) < 4.78 is 19.2. The first-order valence-corrected chi connectivity index (χ1v) is 13.7. The zero-order valence-corrected chi connectivity index (χ0v) is 21.2. The lowest BCUT2D eigenvalue weighted by Crippen LogP contribution is -2.33. The summed E-state index contributed by atoms with van der Waals surface area (Å²) in [4.78, 5) is 24.1. The van der Waals surface area contributed by atoms with Crippen molar-refractivity contribution in [3.8, 4) is 22.1 Å². The molecule has 36 heavy (non-hydrogen) atoms. The third-order valence-corrected chi connectivity index (χ3v) is 8.17. The van der Waals surface area contributed by atoms with E-state index in [2.05, 4.69) is 17.1 Å². The lowest BCUT2D eigenvalue weighted by molar-refractivity contribution is -0.129. The molecule has 0 aliphatic carbocycles. The van der Waals surface area contributed by atoms with Crippen LogP contribution >= 0.6 is 23.1 Å². The van der Waals surface area contributed by atoms with E-state index in [4.69, 9.17) is 19.2 Å². The molecule has 1 saturated heterocycles. The molecule has 7 nitrogen and oxygen atoms in total. The maximum Gasteiger partial charge on any atom is 0.233 e. The summed E-state index contributed by atoms with van der Waals surface area (Å²) in [5, 5.41) is 1.75. The molecule has 0 spiro atoms.